The summed E-state index contributed by atoms with van der Waals surface area (Å²) in [5.41, 5.74) is 1.09. The van der Waals surface area contributed by atoms with Gasteiger partial charge in [-0.25, -0.2) is 0 Å². The first-order chi connectivity index (χ1) is 9.65. The monoisotopic (exact) mass is 283 g/mol. The molecule has 0 fully saturated rings. The van der Waals surface area contributed by atoms with Crippen molar-refractivity contribution in [2.45, 2.75) is 25.9 Å². The molecule has 5 heteroatoms. The van der Waals surface area contributed by atoms with Crippen LogP contribution in [0.2, 0.25) is 0 Å². The molecule has 0 spiro atoms. The van der Waals surface area contributed by atoms with E-state index < -0.39 is 0 Å². The summed E-state index contributed by atoms with van der Waals surface area (Å²) in [7, 11) is 6.56. The van der Waals surface area contributed by atoms with Gasteiger partial charge in [-0.15, -0.1) is 0 Å². The molecule has 1 N–H and O–H groups in total. The molecule has 0 aromatic heterocycles. The third-order valence-corrected chi connectivity index (χ3v) is 3.13. The van der Waals surface area contributed by atoms with Crippen molar-refractivity contribution in [3.8, 4) is 17.2 Å². The van der Waals surface area contributed by atoms with Gasteiger partial charge in [-0.05, 0) is 31.0 Å². The maximum absolute atomic E-state index is 5.34. The summed E-state index contributed by atoms with van der Waals surface area (Å²) in [5, 5.41) is 3.44. The van der Waals surface area contributed by atoms with Crippen molar-refractivity contribution in [3.05, 3.63) is 17.7 Å². The molecule has 1 aromatic carbocycles. The SMILES string of the molecule is COCCC(C)NCc1cc(OC)c(OC)c(OC)c1. The third kappa shape index (κ3) is 4.58. The summed E-state index contributed by atoms with van der Waals surface area (Å²) in [6, 6.07) is 4.29. The van der Waals surface area contributed by atoms with Crippen molar-refractivity contribution in [1.29, 1.82) is 0 Å². The number of hydrogen-bond donors (Lipinski definition) is 1. The van der Waals surface area contributed by atoms with Gasteiger partial charge in [-0.3, -0.25) is 0 Å². The standard InChI is InChI=1S/C15H25NO4/c1-11(6-7-17-2)16-10-12-8-13(18-3)15(20-5)14(9-12)19-4/h8-9,11,16H,6-7,10H2,1-5H3. The van der Waals surface area contributed by atoms with Crippen molar-refractivity contribution >= 4 is 0 Å². The van der Waals surface area contributed by atoms with Gasteiger partial charge in [0, 0.05) is 26.3 Å². The summed E-state index contributed by atoms with van der Waals surface area (Å²) in [6.45, 7) is 3.63. The molecule has 1 rings (SSSR count). The largest absolute Gasteiger partial charge is 0.493 e. The number of hydrogen-bond acceptors (Lipinski definition) is 5. The zero-order chi connectivity index (χ0) is 15.0. The Balaban J connectivity index is 2.75. The first kappa shape index (κ1) is 16.6. The van der Waals surface area contributed by atoms with E-state index in [1.807, 2.05) is 12.1 Å². The molecule has 0 radical (unpaired) electrons. The van der Waals surface area contributed by atoms with Gasteiger partial charge in [0.15, 0.2) is 11.5 Å². The van der Waals surface area contributed by atoms with Gasteiger partial charge in [0.1, 0.15) is 0 Å². The van der Waals surface area contributed by atoms with Crippen LogP contribution in [0.5, 0.6) is 17.2 Å². The lowest BCUT2D eigenvalue weighted by molar-refractivity contribution is 0.184. The molecule has 1 aromatic rings. The summed E-state index contributed by atoms with van der Waals surface area (Å²) in [4.78, 5) is 0. The van der Waals surface area contributed by atoms with Gasteiger partial charge in [0.05, 0.1) is 21.3 Å². The quantitative estimate of drug-likeness (QED) is 0.753. The van der Waals surface area contributed by atoms with Crippen LogP contribution in [-0.4, -0.2) is 41.1 Å². The normalized spacial score (nSPS) is 12.1. The lowest BCUT2D eigenvalue weighted by Gasteiger charge is -2.16. The van der Waals surface area contributed by atoms with Crippen LogP contribution in [0.1, 0.15) is 18.9 Å². The molecule has 20 heavy (non-hydrogen) atoms. The van der Waals surface area contributed by atoms with Gasteiger partial charge in [0.2, 0.25) is 5.75 Å². The highest BCUT2D eigenvalue weighted by atomic mass is 16.5. The lowest BCUT2D eigenvalue weighted by Crippen LogP contribution is -2.26. The molecule has 0 amide bonds. The predicted octanol–water partition coefficient (Wildman–Crippen LogP) is 2.23. The van der Waals surface area contributed by atoms with Gasteiger partial charge in [0.25, 0.3) is 0 Å². The first-order valence-electron chi connectivity index (χ1n) is 6.67. The molecule has 0 aliphatic rings. The number of nitrogens with one attached hydrogen (secondary N) is 1. The second-order valence-electron chi connectivity index (χ2n) is 4.60. The van der Waals surface area contributed by atoms with Gasteiger partial charge in [-0.1, -0.05) is 0 Å². The van der Waals surface area contributed by atoms with Crippen LogP contribution in [0.25, 0.3) is 0 Å². The predicted molar refractivity (Wildman–Crippen MR) is 78.9 cm³/mol. The summed E-state index contributed by atoms with van der Waals surface area (Å²) >= 11 is 0. The molecule has 0 heterocycles. The molecule has 0 aliphatic heterocycles. The number of ether oxygens (including phenoxy) is 4. The molecular formula is C15H25NO4. The average Bonchev–Trinajstić information content (AvgIpc) is 2.49. The second-order valence-corrected chi connectivity index (χ2v) is 4.60. The Bertz CT molecular complexity index is 384. The van der Waals surface area contributed by atoms with Gasteiger partial charge >= 0.3 is 0 Å². The van der Waals surface area contributed by atoms with Crippen LogP contribution < -0.4 is 19.5 Å². The second kappa shape index (κ2) is 8.66. The summed E-state index contributed by atoms with van der Waals surface area (Å²) in [6.07, 6.45) is 0.973. The van der Waals surface area contributed by atoms with E-state index in [1.165, 1.54) is 0 Å². The van der Waals surface area contributed by atoms with Gasteiger partial charge in [-0.2, -0.15) is 0 Å². The Hall–Kier alpha value is -1.46. The lowest BCUT2D eigenvalue weighted by atomic mass is 10.1. The molecule has 0 aliphatic carbocycles. The minimum atomic E-state index is 0.383. The fraction of sp³-hybridized carbons (Fsp3) is 0.600. The van der Waals surface area contributed by atoms with E-state index in [1.54, 1.807) is 28.4 Å². The Labute approximate surface area is 121 Å². The van der Waals surface area contributed by atoms with Crippen LogP contribution in [-0.2, 0) is 11.3 Å². The molecule has 114 valence electrons. The van der Waals surface area contributed by atoms with Crippen LogP contribution in [0, 0.1) is 0 Å². The third-order valence-electron chi connectivity index (χ3n) is 3.13. The summed E-state index contributed by atoms with van der Waals surface area (Å²) in [5.74, 6) is 1.97. The molecule has 0 saturated heterocycles. The minimum Gasteiger partial charge on any atom is -0.493 e. The van der Waals surface area contributed by atoms with Crippen molar-refractivity contribution in [3.63, 3.8) is 0 Å². The highest BCUT2D eigenvalue weighted by Gasteiger charge is 2.13. The highest BCUT2D eigenvalue weighted by Crippen LogP contribution is 2.38. The Morgan fingerprint density at radius 3 is 2.05 bits per heavy atom. The molecule has 1 unspecified atom stereocenters. The van der Waals surface area contributed by atoms with Gasteiger partial charge < -0.3 is 24.3 Å². The fourth-order valence-electron chi connectivity index (χ4n) is 1.93. The molecule has 5 nitrogen and oxygen atoms in total. The molecule has 1 atom stereocenters. The zero-order valence-corrected chi connectivity index (χ0v) is 13.0. The van der Waals surface area contributed by atoms with Crippen molar-refractivity contribution in [2.24, 2.45) is 0 Å². The van der Waals surface area contributed by atoms with Crippen LogP contribution >= 0.6 is 0 Å². The Morgan fingerprint density at radius 2 is 1.60 bits per heavy atom. The van der Waals surface area contributed by atoms with E-state index in [2.05, 4.69) is 12.2 Å². The van der Waals surface area contributed by atoms with E-state index in [9.17, 15) is 0 Å². The Kier molecular flexibility index (Phi) is 7.18. The van der Waals surface area contributed by atoms with Crippen molar-refractivity contribution in [1.82, 2.24) is 5.32 Å². The smallest absolute Gasteiger partial charge is 0.203 e. The van der Waals surface area contributed by atoms with Crippen molar-refractivity contribution in [2.75, 3.05) is 35.0 Å². The number of rotatable bonds is 9. The molecular weight excluding hydrogens is 258 g/mol. The van der Waals surface area contributed by atoms with E-state index in [4.69, 9.17) is 18.9 Å². The summed E-state index contributed by atoms with van der Waals surface area (Å²) < 4.78 is 21.1. The Morgan fingerprint density at radius 1 is 1.00 bits per heavy atom. The highest BCUT2D eigenvalue weighted by molar-refractivity contribution is 5.53. The fourth-order valence-corrected chi connectivity index (χ4v) is 1.93. The number of benzene rings is 1. The molecule has 0 bridgehead atoms. The number of methoxy groups -OCH3 is 4. The zero-order valence-electron chi connectivity index (χ0n) is 13.0. The van der Waals surface area contributed by atoms with Crippen LogP contribution in [0.4, 0.5) is 0 Å². The van der Waals surface area contributed by atoms with E-state index in [-0.39, 0.29) is 0 Å². The molecule has 0 saturated carbocycles. The first-order valence-corrected chi connectivity index (χ1v) is 6.67. The van der Waals surface area contributed by atoms with Crippen molar-refractivity contribution < 1.29 is 18.9 Å². The maximum Gasteiger partial charge on any atom is 0.203 e. The topological polar surface area (TPSA) is 49.0 Å². The average molecular weight is 283 g/mol. The minimum absolute atomic E-state index is 0.383. The van der Waals surface area contributed by atoms with Crippen LogP contribution in [0.3, 0.4) is 0 Å². The van der Waals surface area contributed by atoms with E-state index in [0.29, 0.717) is 23.3 Å². The van der Waals surface area contributed by atoms with E-state index in [0.717, 1.165) is 25.1 Å². The maximum atomic E-state index is 5.34. The van der Waals surface area contributed by atoms with E-state index >= 15 is 0 Å². The van der Waals surface area contributed by atoms with Crippen LogP contribution in [0.15, 0.2) is 12.1 Å².